The number of fused-ring (bicyclic) bond motifs is 1. The summed E-state index contributed by atoms with van der Waals surface area (Å²) < 4.78 is 0. The molecule has 4 unspecified atom stereocenters. The molecule has 0 aromatic carbocycles. The first-order chi connectivity index (χ1) is 14.7. The van der Waals surface area contributed by atoms with Gasteiger partial charge < -0.3 is 14.9 Å². The van der Waals surface area contributed by atoms with Crippen molar-refractivity contribution < 1.29 is 20.8 Å². The average Bonchev–Trinajstić information content (AvgIpc) is 3.43. The summed E-state index contributed by atoms with van der Waals surface area (Å²) in [4.78, 5) is 0. The molecule has 3 rings (SSSR count). The molecule has 3 aliphatic rings. The minimum absolute atomic E-state index is 0. The van der Waals surface area contributed by atoms with E-state index < -0.39 is 20.8 Å². The van der Waals surface area contributed by atoms with Gasteiger partial charge in [0.2, 0.25) is 0 Å². The molecule has 0 aromatic heterocycles. The zero-order chi connectivity index (χ0) is 21.8. The van der Waals surface area contributed by atoms with Crippen LogP contribution in [0.1, 0.15) is 105 Å². The summed E-state index contributed by atoms with van der Waals surface area (Å²) in [5.41, 5.74) is 0.615. The van der Waals surface area contributed by atoms with E-state index in [1.807, 2.05) is 0 Å². The summed E-state index contributed by atoms with van der Waals surface area (Å²) in [5.74, 6) is 4.39. The Morgan fingerprint density at radius 2 is 1.48 bits per heavy atom. The van der Waals surface area contributed by atoms with E-state index in [2.05, 4.69) is 50.8 Å². The van der Waals surface area contributed by atoms with Crippen LogP contribution in [0.4, 0.5) is 0 Å². The number of unbranched alkanes of at least 4 members (excludes halogenated alkanes) is 2. The Morgan fingerprint density at radius 1 is 0.970 bits per heavy atom. The Balaban J connectivity index is 0. The monoisotopic (exact) mass is 574 g/mol. The van der Waals surface area contributed by atoms with Crippen LogP contribution in [0.25, 0.3) is 0 Å². The van der Waals surface area contributed by atoms with Gasteiger partial charge in [0.15, 0.2) is 0 Å². The second kappa shape index (κ2) is 19.8. The normalized spacial score (nSPS) is 25.5. The fourth-order valence-corrected chi connectivity index (χ4v) is 7.14. The van der Waals surface area contributed by atoms with E-state index in [-0.39, 0.29) is 22.3 Å². The second-order valence-corrected chi connectivity index (χ2v) is 13.6. The van der Waals surface area contributed by atoms with E-state index in [0.29, 0.717) is 5.41 Å². The van der Waals surface area contributed by atoms with Crippen molar-refractivity contribution in [2.24, 2.45) is 35.0 Å². The molecule has 0 saturated heterocycles. The van der Waals surface area contributed by atoms with E-state index in [9.17, 15) is 0 Å². The van der Waals surface area contributed by atoms with Crippen molar-refractivity contribution in [2.75, 3.05) is 0 Å². The molecule has 0 nitrogen and oxygen atoms in total. The molecule has 0 heterocycles. The molecule has 0 aliphatic heterocycles. The summed E-state index contributed by atoms with van der Waals surface area (Å²) in [5, 5.41) is 0. The van der Waals surface area contributed by atoms with Crippen molar-refractivity contribution in [1.29, 1.82) is 0 Å². The van der Waals surface area contributed by atoms with Gasteiger partial charge in [0.1, 0.15) is 0 Å². The number of hydrogen-bond donors (Lipinski definition) is 0. The van der Waals surface area contributed by atoms with Crippen LogP contribution in [0.3, 0.4) is 0 Å². The third kappa shape index (κ3) is 9.58. The summed E-state index contributed by atoms with van der Waals surface area (Å²) >= 11 is -0.826. The predicted octanol–water partition coefficient (Wildman–Crippen LogP) is 11.4. The fourth-order valence-electron chi connectivity index (χ4n) is 7.14. The van der Waals surface area contributed by atoms with Gasteiger partial charge in [-0.15, -0.1) is 6.58 Å². The number of rotatable bonds is 11. The molecule has 3 aliphatic carbocycles. The van der Waals surface area contributed by atoms with Crippen LogP contribution in [-0.4, -0.2) is 0 Å². The maximum absolute atomic E-state index is 4.93. The van der Waals surface area contributed by atoms with E-state index in [1.54, 1.807) is 0 Å². The molecule has 0 amide bonds. The molecular formula is C30H54Cl2Zr. The van der Waals surface area contributed by atoms with Gasteiger partial charge in [-0.3, -0.25) is 0 Å². The van der Waals surface area contributed by atoms with Crippen LogP contribution in [0.15, 0.2) is 37.0 Å². The summed E-state index contributed by atoms with van der Waals surface area (Å²) in [6.45, 7) is 8.80. The summed E-state index contributed by atoms with van der Waals surface area (Å²) in [6.07, 6.45) is 30.6. The number of halogens is 2. The molecule has 0 spiro atoms. The Hall–Kier alpha value is 0.683. The quantitative estimate of drug-likeness (QED) is 0.169. The van der Waals surface area contributed by atoms with Crippen LogP contribution in [0.5, 0.6) is 0 Å². The molecule has 4 atom stereocenters. The third-order valence-electron chi connectivity index (χ3n) is 8.43. The SMILES string of the molecule is C.C=CCCC1CC(C(CCCC)(CCCC)C2CCCC2)C2C=CC=CC12.[CH3-].[CH3-].[Cl][Zr+2][Cl]. The van der Waals surface area contributed by atoms with Crippen molar-refractivity contribution in [3.63, 3.8) is 0 Å². The molecule has 0 N–H and O–H groups in total. The predicted molar refractivity (Wildman–Crippen MR) is 151 cm³/mol. The number of hydrogen-bond acceptors (Lipinski definition) is 0. The van der Waals surface area contributed by atoms with Gasteiger partial charge in [-0.1, -0.05) is 90.2 Å². The summed E-state index contributed by atoms with van der Waals surface area (Å²) in [6, 6.07) is 0. The van der Waals surface area contributed by atoms with E-state index >= 15 is 0 Å². The molecule has 192 valence electrons. The van der Waals surface area contributed by atoms with Crippen molar-refractivity contribution in [1.82, 2.24) is 0 Å². The molecule has 0 radical (unpaired) electrons. The maximum atomic E-state index is 4.93. The van der Waals surface area contributed by atoms with Crippen molar-refractivity contribution in [2.45, 2.75) is 105 Å². The van der Waals surface area contributed by atoms with Crippen molar-refractivity contribution >= 4 is 17.0 Å². The Bertz CT molecular complexity index is 527. The van der Waals surface area contributed by atoms with Crippen molar-refractivity contribution in [3.8, 4) is 0 Å². The standard InChI is InChI=1S/C27H44.CH4.2CH3.2ClH.Zr/c1-4-7-14-22-21-26(25-18-13-12-17-24(22)25)27(19-8-5-2,20-9-6-3)23-15-10-11-16-23;;;;;;/h4,12-13,17-18,22-26H,1,5-11,14-16,19-21H2,2-3H3;1H4;2*1H3;2*1H;/q;;2*-1;;;+4/p-2. The molecule has 3 heteroatoms. The van der Waals surface area contributed by atoms with Crippen LogP contribution in [-0.2, 0) is 20.8 Å². The van der Waals surface area contributed by atoms with Crippen molar-refractivity contribution in [3.05, 3.63) is 51.8 Å². The molecule has 2 fully saturated rings. The van der Waals surface area contributed by atoms with Gasteiger partial charge in [-0.05, 0) is 80.0 Å². The molecule has 33 heavy (non-hydrogen) atoms. The van der Waals surface area contributed by atoms with Gasteiger partial charge in [0.05, 0.1) is 0 Å². The second-order valence-electron chi connectivity index (χ2n) is 9.89. The first kappa shape index (κ1) is 35.8. The zero-order valence-corrected chi connectivity index (χ0v) is 25.4. The first-order valence-electron chi connectivity index (χ1n) is 12.6. The first-order valence-corrected chi connectivity index (χ1v) is 18.9. The van der Waals surface area contributed by atoms with Gasteiger partial charge >= 0.3 is 37.9 Å². The molecule has 0 bridgehead atoms. The van der Waals surface area contributed by atoms with E-state index in [4.69, 9.17) is 17.0 Å². The van der Waals surface area contributed by atoms with E-state index in [0.717, 1.165) is 29.6 Å². The van der Waals surface area contributed by atoms with Crippen LogP contribution in [0.2, 0.25) is 0 Å². The van der Waals surface area contributed by atoms with Gasteiger partial charge in [-0.2, -0.15) is 0 Å². The topological polar surface area (TPSA) is 0 Å². The van der Waals surface area contributed by atoms with E-state index in [1.165, 1.54) is 83.5 Å². The summed E-state index contributed by atoms with van der Waals surface area (Å²) in [7, 11) is 9.87. The number of allylic oxidation sites excluding steroid dienone is 5. The fraction of sp³-hybridized carbons (Fsp3) is 0.733. The van der Waals surface area contributed by atoms with Crippen LogP contribution < -0.4 is 0 Å². The zero-order valence-electron chi connectivity index (χ0n) is 21.4. The molecule has 0 aromatic rings. The Morgan fingerprint density at radius 3 is 1.97 bits per heavy atom. The minimum atomic E-state index is -0.826. The Kier molecular flexibility index (Phi) is 21.5. The molecule has 2 saturated carbocycles. The van der Waals surface area contributed by atoms with Crippen LogP contribution in [0, 0.1) is 49.9 Å². The average molecular weight is 577 g/mol. The third-order valence-corrected chi connectivity index (χ3v) is 8.43. The Labute approximate surface area is 228 Å². The van der Waals surface area contributed by atoms with Gasteiger partial charge in [0.25, 0.3) is 0 Å². The van der Waals surface area contributed by atoms with Crippen LogP contribution >= 0.6 is 17.0 Å². The van der Waals surface area contributed by atoms with Gasteiger partial charge in [-0.25, -0.2) is 0 Å². The van der Waals surface area contributed by atoms with Gasteiger partial charge in [0, 0.05) is 0 Å². The molecular weight excluding hydrogens is 522 g/mol.